The molecule has 1 aromatic heterocycles. The summed E-state index contributed by atoms with van der Waals surface area (Å²) in [5.74, 6) is 0.887. The van der Waals surface area contributed by atoms with Gasteiger partial charge in [-0.3, -0.25) is 0 Å². The molecule has 0 bridgehead atoms. The van der Waals surface area contributed by atoms with Gasteiger partial charge >= 0.3 is 0 Å². The summed E-state index contributed by atoms with van der Waals surface area (Å²) in [6.07, 6.45) is 1.93. The standard InChI is InChI=1S/C12H20BrN3/c1-4-12(14,5-2)8-15-11-7-6-10(13)9(3)16-11/h6-7H,4-5,8,14H2,1-3H3,(H,15,16). The van der Waals surface area contributed by atoms with Crippen molar-refractivity contribution in [1.82, 2.24) is 4.98 Å². The number of nitrogens with zero attached hydrogens (tertiary/aromatic N) is 1. The maximum absolute atomic E-state index is 6.21. The Hall–Kier alpha value is -0.610. The fourth-order valence-corrected chi connectivity index (χ4v) is 1.63. The van der Waals surface area contributed by atoms with Gasteiger partial charge in [-0.1, -0.05) is 13.8 Å². The first-order chi connectivity index (χ1) is 7.50. The lowest BCUT2D eigenvalue weighted by Gasteiger charge is -2.27. The van der Waals surface area contributed by atoms with Gasteiger partial charge in [-0.25, -0.2) is 4.98 Å². The topological polar surface area (TPSA) is 50.9 Å². The Balaban J connectivity index is 2.64. The highest BCUT2D eigenvalue weighted by molar-refractivity contribution is 9.10. The summed E-state index contributed by atoms with van der Waals surface area (Å²) in [5.41, 5.74) is 7.06. The Morgan fingerprint density at radius 3 is 2.50 bits per heavy atom. The van der Waals surface area contributed by atoms with Crippen LogP contribution < -0.4 is 11.1 Å². The van der Waals surface area contributed by atoms with Gasteiger partial charge < -0.3 is 11.1 Å². The van der Waals surface area contributed by atoms with E-state index in [0.717, 1.165) is 35.4 Å². The maximum atomic E-state index is 6.21. The highest BCUT2D eigenvalue weighted by Crippen LogP contribution is 2.17. The van der Waals surface area contributed by atoms with Gasteiger partial charge in [0.15, 0.2) is 0 Å². The van der Waals surface area contributed by atoms with Crippen molar-refractivity contribution in [2.24, 2.45) is 5.73 Å². The van der Waals surface area contributed by atoms with Gasteiger partial charge in [0.25, 0.3) is 0 Å². The van der Waals surface area contributed by atoms with Gasteiger partial charge in [-0.05, 0) is 47.8 Å². The molecule has 1 heterocycles. The molecular weight excluding hydrogens is 266 g/mol. The third-order valence-corrected chi connectivity index (χ3v) is 3.89. The molecule has 0 atom stereocenters. The third-order valence-electron chi connectivity index (χ3n) is 3.05. The fourth-order valence-electron chi connectivity index (χ4n) is 1.41. The van der Waals surface area contributed by atoms with Crippen molar-refractivity contribution in [2.45, 2.75) is 39.2 Å². The van der Waals surface area contributed by atoms with E-state index in [1.165, 1.54) is 0 Å². The maximum Gasteiger partial charge on any atom is 0.126 e. The molecule has 1 rings (SSSR count). The summed E-state index contributed by atoms with van der Waals surface area (Å²) in [7, 11) is 0. The van der Waals surface area contributed by atoms with E-state index >= 15 is 0 Å². The van der Waals surface area contributed by atoms with Crippen molar-refractivity contribution in [2.75, 3.05) is 11.9 Å². The van der Waals surface area contributed by atoms with E-state index in [4.69, 9.17) is 5.73 Å². The van der Waals surface area contributed by atoms with E-state index < -0.39 is 0 Å². The average molecular weight is 286 g/mol. The summed E-state index contributed by atoms with van der Waals surface area (Å²) in [6, 6.07) is 3.96. The summed E-state index contributed by atoms with van der Waals surface area (Å²) in [4.78, 5) is 4.43. The van der Waals surface area contributed by atoms with Crippen molar-refractivity contribution >= 4 is 21.7 Å². The van der Waals surface area contributed by atoms with Gasteiger partial charge in [0.05, 0.1) is 5.69 Å². The number of anilines is 1. The van der Waals surface area contributed by atoms with E-state index in [1.807, 2.05) is 19.1 Å². The molecule has 0 radical (unpaired) electrons. The molecular formula is C12H20BrN3. The largest absolute Gasteiger partial charge is 0.368 e. The molecule has 0 aromatic carbocycles. The van der Waals surface area contributed by atoms with Crippen LogP contribution in [-0.4, -0.2) is 17.1 Å². The fraction of sp³-hybridized carbons (Fsp3) is 0.583. The predicted molar refractivity (Wildman–Crippen MR) is 72.7 cm³/mol. The Kier molecular flexibility index (Phi) is 4.74. The van der Waals surface area contributed by atoms with E-state index in [0.29, 0.717) is 0 Å². The van der Waals surface area contributed by atoms with E-state index in [-0.39, 0.29) is 5.54 Å². The van der Waals surface area contributed by atoms with Crippen LogP contribution in [0.5, 0.6) is 0 Å². The molecule has 3 nitrogen and oxygen atoms in total. The molecule has 0 saturated heterocycles. The van der Waals surface area contributed by atoms with Gasteiger partial charge in [-0.2, -0.15) is 0 Å². The average Bonchev–Trinajstić information content (AvgIpc) is 2.30. The Morgan fingerprint density at radius 1 is 1.38 bits per heavy atom. The van der Waals surface area contributed by atoms with Crippen LogP contribution in [0.3, 0.4) is 0 Å². The summed E-state index contributed by atoms with van der Waals surface area (Å²) >= 11 is 3.43. The predicted octanol–water partition coefficient (Wildman–Crippen LogP) is 3.08. The van der Waals surface area contributed by atoms with Crippen LogP contribution in [0.25, 0.3) is 0 Å². The molecule has 0 fully saturated rings. The number of aromatic nitrogens is 1. The van der Waals surface area contributed by atoms with Crippen molar-refractivity contribution in [3.05, 3.63) is 22.3 Å². The number of nitrogens with one attached hydrogen (secondary N) is 1. The van der Waals surface area contributed by atoms with Gasteiger partial charge in [0.1, 0.15) is 5.82 Å². The lowest BCUT2D eigenvalue weighted by Crippen LogP contribution is -2.45. The van der Waals surface area contributed by atoms with Crippen molar-refractivity contribution in [3.8, 4) is 0 Å². The zero-order valence-corrected chi connectivity index (χ0v) is 11.8. The molecule has 0 aliphatic heterocycles. The molecule has 16 heavy (non-hydrogen) atoms. The normalized spacial score (nSPS) is 11.6. The van der Waals surface area contributed by atoms with Crippen molar-refractivity contribution in [1.29, 1.82) is 0 Å². The minimum Gasteiger partial charge on any atom is -0.368 e. The van der Waals surface area contributed by atoms with E-state index in [1.54, 1.807) is 0 Å². The van der Waals surface area contributed by atoms with Crippen LogP contribution in [0.4, 0.5) is 5.82 Å². The second-order valence-corrected chi connectivity index (χ2v) is 5.04. The summed E-state index contributed by atoms with van der Waals surface area (Å²) < 4.78 is 1.03. The van der Waals surface area contributed by atoms with Crippen LogP contribution in [0, 0.1) is 6.92 Å². The highest BCUT2D eigenvalue weighted by Gasteiger charge is 2.19. The van der Waals surface area contributed by atoms with E-state index in [9.17, 15) is 0 Å². The summed E-state index contributed by atoms with van der Waals surface area (Å²) in [5, 5.41) is 3.30. The van der Waals surface area contributed by atoms with Crippen LogP contribution in [0.15, 0.2) is 16.6 Å². The van der Waals surface area contributed by atoms with Gasteiger partial charge in [0, 0.05) is 16.6 Å². The quantitative estimate of drug-likeness (QED) is 0.874. The number of rotatable bonds is 5. The monoisotopic (exact) mass is 285 g/mol. The minimum atomic E-state index is -0.136. The first kappa shape index (κ1) is 13.5. The first-order valence-electron chi connectivity index (χ1n) is 5.66. The molecule has 0 aliphatic carbocycles. The zero-order valence-electron chi connectivity index (χ0n) is 10.2. The molecule has 90 valence electrons. The Bertz CT molecular complexity index is 348. The second kappa shape index (κ2) is 5.64. The Morgan fingerprint density at radius 2 is 2.00 bits per heavy atom. The zero-order chi connectivity index (χ0) is 12.2. The smallest absolute Gasteiger partial charge is 0.126 e. The minimum absolute atomic E-state index is 0.136. The number of hydrogen-bond acceptors (Lipinski definition) is 3. The number of halogens is 1. The van der Waals surface area contributed by atoms with E-state index in [2.05, 4.69) is 40.1 Å². The first-order valence-corrected chi connectivity index (χ1v) is 6.46. The molecule has 3 N–H and O–H groups in total. The number of nitrogens with two attached hydrogens (primary N) is 1. The molecule has 1 aromatic rings. The van der Waals surface area contributed by atoms with Crippen LogP contribution in [0.2, 0.25) is 0 Å². The summed E-state index contributed by atoms with van der Waals surface area (Å²) in [6.45, 7) is 6.97. The third kappa shape index (κ3) is 3.46. The number of pyridine rings is 1. The van der Waals surface area contributed by atoms with Crippen molar-refractivity contribution in [3.63, 3.8) is 0 Å². The number of aryl methyl sites for hydroxylation is 1. The molecule has 0 saturated carbocycles. The highest BCUT2D eigenvalue weighted by atomic mass is 79.9. The SMILES string of the molecule is CCC(N)(CC)CNc1ccc(Br)c(C)n1. The van der Waals surface area contributed by atoms with Crippen molar-refractivity contribution < 1.29 is 0 Å². The molecule has 0 amide bonds. The van der Waals surface area contributed by atoms with Gasteiger partial charge in [0.2, 0.25) is 0 Å². The molecule has 0 aliphatic rings. The van der Waals surface area contributed by atoms with Crippen LogP contribution in [0.1, 0.15) is 32.4 Å². The molecule has 0 spiro atoms. The number of hydrogen-bond donors (Lipinski definition) is 2. The second-order valence-electron chi connectivity index (χ2n) is 4.19. The Labute approximate surface area is 106 Å². The van der Waals surface area contributed by atoms with Gasteiger partial charge in [-0.15, -0.1) is 0 Å². The lowest BCUT2D eigenvalue weighted by atomic mass is 9.94. The molecule has 4 heteroatoms. The van der Waals surface area contributed by atoms with Crippen LogP contribution in [-0.2, 0) is 0 Å². The van der Waals surface area contributed by atoms with Crippen LogP contribution >= 0.6 is 15.9 Å². The lowest BCUT2D eigenvalue weighted by molar-refractivity contribution is 0.418. The molecule has 0 unspecified atom stereocenters.